The van der Waals surface area contributed by atoms with Crippen molar-refractivity contribution in [1.29, 1.82) is 0 Å². The van der Waals surface area contributed by atoms with Gasteiger partial charge >= 0.3 is 0 Å². The van der Waals surface area contributed by atoms with Gasteiger partial charge in [0.25, 0.3) is 0 Å². The van der Waals surface area contributed by atoms with Crippen LogP contribution in [0.5, 0.6) is 5.75 Å². The minimum absolute atomic E-state index is 0.566. The van der Waals surface area contributed by atoms with Gasteiger partial charge in [-0.1, -0.05) is 0 Å². The van der Waals surface area contributed by atoms with Gasteiger partial charge in [0, 0.05) is 12.6 Å². The Morgan fingerprint density at radius 2 is 2.38 bits per heavy atom. The molecule has 0 bridgehead atoms. The predicted molar refractivity (Wildman–Crippen MR) is 63.8 cm³/mol. The van der Waals surface area contributed by atoms with Crippen molar-refractivity contribution in [1.82, 2.24) is 4.98 Å². The smallest absolute Gasteiger partial charge is 0.143 e. The molecule has 0 spiro atoms. The molecule has 0 aliphatic heterocycles. The average molecular weight is 235 g/mol. The lowest BCUT2D eigenvalue weighted by molar-refractivity contribution is 0.169. The molecule has 1 unspecified atom stereocenters. The molecule has 0 saturated heterocycles. The van der Waals surface area contributed by atoms with Crippen LogP contribution in [0.15, 0.2) is 35.2 Å². The lowest BCUT2D eigenvalue weighted by Crippen LogP contribution is -2.05. The fourth-order valence-corrected chi connectivity index (χ4v) is 2.24. The third-order valence-electron chi connectivity index (χ3n) is 2.34. The summed E-state index contributed by atoms with van der Waals surface area (Å²) >= 11 is 1.62. The number of methoxy groups -OCH3 is 1. The molecule has 0 fully saturated rings. The molecule has 1 atom stereocenters. The number of aliphatic hydroxyl groups is 1. The number of hydrogen-bond acceptors (Lipinski definition) is 4. The summed E-state index contributed by atoms with van der Waals surface area (Å²) in [4.78, 5) is 4.16. The van der Waals surface area contributed by atoms with Crippen molar-refractivity contribution in [2.24, 2.45) is 0 Å². The van der Waals surface area contributed by atoms with E-state index >= 15 is 0 Å². The molecule has 0 aliphatic carbocycles. The van der Waals surface area contributed by atoms with Crippen molar-refractivity contribution in [2.45, 2.75) is 12.5 Å². The van der Waals surface area contributed by atoms with Crippen LogP contribution in [-0.4, -0.2) is 17.2 Å². The van der Waals surface area contributed by atoms with Crippen LogP contribution in [0.4, 0.5) is 0 Å². The van der Waals surface area contributed by atoms with Crippen molar-refractivity contribution < 1.29 is 9.84 Å². The van der Waals surface area contributed by atoms with Gasteiger partial charge in [-0.25, -0.2) is 0 Å². The standard InChI is InChI=1S/C12H13NO2S/c1-15-11-3-2-5-13-12(11)10(14)7-9-4-6-16-8-9/h2-6,8,10,14H,7H2,1H3. The van der Waals surface area contributed by atoms with Crippen LogP contribution in [0.2, 0.25) is 0 Å². The third kappa shape index (κ3) is 2.40. The Bertz CT molecular complexity index is 442. The van der Waals surface area contributed by atoms with Gasteiger partial charge in [-0.15, -0.1) is 0 Å². The van der Waals surface area contributed by atoms with Gasteiger partial charge in [0.1, 0.15) is 17.5 Å². The first-order chi connectivity index (χ1) is 7.81. The number of rotatable bonds is 4. The van der Waals surface area contributed by atoms with E-state index in [2.05, 4.69) is 4.98 Å². The van der Waals surface area contributed by atoms with E-state index in [1.807, 2.05) is 16.8 Å². The maximum Gasteiger partial charge on any atom is 0.143 e. The quantitative estimate of drug-likeness (QED) is 0.885. The van der Waals surface area contributed by atoms with E-state index in [1.54, 1.807) is 36.8 Å². The van der Waals surface area contributed by atoms with E-state index in [0.29, 0.717) is 17.9 Å². The van der Waals surface area contributed by atoms with Crippen LogP contribution in [0.3, 0.4) is 0 Å². The van der Waals surface area contributed by atoms with Crippen LogP contribution < -0.4 is 4.74 Å². The van der Waals surface area contributed by atoms with Crippen molar-refractivity contribution in [3.8, 4) is 5.75 Å². The van der Waals surface area contributed by atoms with Crippen molar-refractivity contribution in [3.63, 3.8) is 0 Å². The number of nitrogens with zero attached hydrogens (tertiary/aromatic N) is 1. The summed E-state index contributed by atoms with van der Waals surface area (Å²) in [5.74, 6) is 0.630. The summed E-state index contributed by atoms with van der Waals surface area (Å²) in [6, 6.07) is 5.60. The number of aliphatic hydroxyl groups excluding tert-OH is 1. The Morgan fingerprint density at radius 1 is 1.50 bits per heavy atom. The maximum absolute atomic E-state index is 10.1. The Labute approximate surface area is 98.4 Å². The maximum atomic E-state index is 10.1. The van der Waals surface area contributed by atoms with Gasteiger partial charge in [-0.2, -0.15) is 11.3 Å². The van der Waals surface area contributed by atoms with Crippen LogP contribution in [0, 0.1) is 0 Å². The average Bonchev–Trinajstić information content (AvgIpc) is 2.81. The third-order valence-corrected chi connectivity index (χ3v) is 3.08. The number of aromatic nitrogens is 1. The van der Waals surface area contributed by atoms with E-state index < -0.39 is 6.10 Å². The fraction of sp³-hybridized carbons (Fsp3) is 0.250. The summed E-state index contributed by atoms with van der Waals surface area (Å²) in [6.45, 7) is 0. The highest BCUT2D eigenvalue weighted by molar-refractivity contribution is 7.07. The predicted octanol–water partition coefficient (Wildman–Crippen LogP) is 2.43. The SMILES string of the molecule is COc1cccnc1C(O)Cc1ccsc1. The lowest BCUT2D eigenvalue weighted by atomic mass is 10.1. The van der Waals surface area contributed by atoms with Gasteiger partial charge in [0.05, 0.1) is 7.11 Å². The molecule has 4 heteroatoms. The van der Waals surface area contributed by atoms with E-state index in [-0.39, 0.29) is 0 Å². The number of pyridine rings is 1. The van der Waals surface area contributed by atoms with Gasteiger partial charge in [-0.3, -0.25) is 4.98 Å². The normalized spacial score (nSPS) is 12.4. The highest BCUT2D eigenvalue weighted by atomic mass is 32.1. The first-order valence-electron chi connectivity index (χ1n) is 4.99. The van der Waals surface area contributed by atoms with Gasteiger partial charge in [0.15, 0.2) is 0 Å². The van der Waals surface area contributed by atoms with Crippen molar-refractivity contribution in [3.05, 3.63) is 46.4 Å². The molecule has 0 amide bonds. The number of hydrogen-bond donors (Lipinski definition) is 1. The molecule has 2 aromatic heterocycles. The Morgan fingerprint density at radius 3 is 3.06 bits per heavy atom. The van der Waals surface area contributed by atoms with Gasteiger partial charge in [0.2, 0.25) is 0 Å². The van der Waals surface area contributed by atoms with E-state index in [1.165, 1.54) is 0 Å². The second-order valence-electron chi connectivity index (χ2n) is 3.44. The lowest BCUT2D eigenvalue weighted by Gasteiger charge is -2.12. The molecule has 3 nitrogen and oxygen atoms in total. The molecule has 2 rings (SSSR count). The van der Waals surface area contributed by atoms with Crippen LogP contribution in [-0.2, 0) is 6.42 Å². The summed E-state index contributed by atoms with van der Waals surface area (Å²) in [5, 5.41) is 14.1. The van der Waals surface area contributed by atoms with Crippen LogP contribution in [0.25, 0.3) is 0 Å². The molecular formula is C12H13NO2S. The number of thiophene rings is 1. The molecule has 0 aromatic carbocycles. The van der Waals surface area contributed by atoms with E-state index in [4.69, 9.17) is 4.74 Å². The molecule has 0 aliphatic rings. The Kier molecular flexibility index (Phi) is 3.54. The second kappa shape index (κ2) is 5.09. The summed E-state index contributed by atoms with van der Waals surface area (Å²) in [6.07, 6.45) is 1.61. The molecule has 0 radical (unpaired) electrons. The van der Waals surface area contributed by atoms with Crippen molar-refractivity contribution in [2.75, 3.05) is 7.11 Å². The Balaban J connectivity index is 2.17. The van der Waals surface area contributed by atoms with Crippen LogP contribution >= 0.6 is 11.3 Å². The van der Waals surface area contributed by atoms with Gasteiger partial charge in [-0.05, 0) is 34.5 Å². The minimum atomic E-state index is -0.620. The summed E-state index contributed by atoms with van der Waals surface area (Å²) < 4.78 is 5.17. The summed E-state index contributed by atoms with van der Waals surface area (Å²) in [5.41, 5.74) is 1.71. The van der Waals surface area contributed by atoms with Crippen molar-refractivity contribution >= 4 is 11.3 Å². The zero-order chi connectivity index (χ0) is 11.4. The van der Waals surface area contributed by atoms with Gasteiger partial charge < -0.3 is 9.84 Å². The molecule has 2 heterocycles. The molecule has 1 N–H and O–H groups in total. The first-order valence-corrected chi connectivity index (χ1v) is 5.93. The Hall–Kier alpha value is -1.39. The molecule has 16 heavy (non-hydrogen) atoms. The molecule has 84 valence electrons. The number of ether oxygens (including phenoxy) is 1. The van der Waals surface area contributed by atoms with E-state index in [9.17, 15) is 5.11 Å². The highest BCUT2D eigenvalue weighted by Crippen LogP contribution is 2.25. The minimum Gasteiger partial charge on any atom is -0.495 e. The summed E-state index contributed by atoms with van der Waals surface area (Å²) in [7, 11) is 1.58. The topological polar surface area (TPSA) is 42.4 Å². The van der Waals surface area contributed by atoms with E-state index in [0.717, 1.165) is 5.56 Å². The zero-order valence-electron chi connectivity index (χ0n) is 8.96. The van der Waals surface area contributed by atoms with Crippen LogP contribution in [0.1, 0.15) is 17.4 Å². The highest BCUT2D eigenvalue weighted by Gasteiger charge is 2.14. The monoisotopic (exact) mass is 235 g/mol. The first kappa shape index (κ1) is 11.1. The molecular weight excluding hydrogens is 222 g/mol. The second-order valence-corrected chi connectivity index (χ2v) is 4.22. The molecule has 2 aromatic rings. The zero-order valence-corrected chi connectivity index (χ0v) is 9.78. The fourth-order valence-electron chi connectivity index (χ4n) is 1.55. The largest absolute Gasteiger partial charge is 0.495 e. The molecule has 0 saturated carbocycles.